The van der Waals surface area contributed by atoms with Crippen LogP contribution in [0.4, 0.5) is 0 Å². The molecule has 21 heavy (non-hydrogen) atoms. The summed E-state index contributed by atoms with van der Waals surface area (Å²) in [5.74, 6) is 0.354. The molecule has 0 aliphatic heterocycles. The molecule has 0 aliphatic rings. The van der Waals surface area contributed by atoms with Crippen LogP contribution >= 0.6 is 27.5 Å². The molecule has 5 heteroatoms. The van der Waals surface area contributed by atoms with E-state index in [9.17, 15) is 4.79 Å². The third-order valence-corrected chi connectivity index (χ3v) is 3.49. The maximum absolute atomic E-state index is 12.0. The van der Waals surface area contributed by atoms with Gasteiger partial charge in [-0.1, -0.05) is 48.3 Å². The average molecular weight is 377 g/mol. The SMILES string of the molecule is CC(C)(C)CC(C)(C)NC(=O)COc1ccc(Br)cc1Cl. The number of ether oxygens (including phenoxy) is 1. The van der Waals surface area contributed by atoms with Crippen molar-refractivity contribution < 1.29 is 9.53 Å². The zero-order valence-electron chi connectivity index (χ0n) is 13.2. The standard InChI is InChI=1S/C16H23BrClNO2/c1-15(2,3)10-16(4,5)19-14(20)9-21-13-7-6-11(17)8-12(13)18/h6-8H,9-10H2,1-5H3,(H,19,20). The lowest BCUT2D eigenvalue weighted by atomic mass is 9.82. The second kappa shape index (κ2) is 7.01. The van der Waals surface area contributed by atoms with Gasteiger partial charge in [-0.05, 0) is 43.9 Å². The number of hydrogen-bond acceptors (Lipinski definition) is 2. The van der Waals surface area contributed by atoms with E-state index in [1.807, 2.05) is 19.9 Å². The van der Waals surface area contributed by atoms with Gasteiger partial charge in [0.15, 0.2) is 6.61 Å². The molecule has 1 aromatic rings. The summed E-state index contributed by atoms with van der Waals surface area (Å²) in [6.07, 6.45) is 0.880. The predicted molar refractivity (Wildman–Crippen MR) is 90.9 cm³/mol. The van der Waals surface area contributed by atoms with E-state index < -0.39 is 0 Å². The summed E-state index contributed by atoms with van der Waals surface area (Å²) >= 11 is 9.37. The molecule has 0 fully saturated rings. The average Bonchev–Trinajstić information content (AvgIpc) is 2.23. The fourth-order valence-electron chi connectivity index (χ4n) is 2.52. The number of amides is 1. The predicted octanol–water partition coefficient (Wildman–Crippen LogP) is 4.81. The summed E-state index contributed by atoms with van der Waals surface area (Å²) in [6, 6.07) is 5.29. The van der Waals surface area contributed by atoms with Crippen LogP contribution in [-0.4, -0.2) is 18.1 Å². The highest BCUT2D eigenvalue weighted by Gasteiger charge is 2.27. The van der Waals surface area contributed by atoms with Crippen molar-refractivity contribution >= 4 is 33.4 Å². The number of rotatable bonds is 5. The van der Waals surface area contributed by atoms with E-state index in [1.165, 1.54) is 0 Å². The molecule has 0 unspecified atom stereocenters. The Labute approximate surface area is 140 Å². The fraction of sp³-hybridized carbons (Fsp3) is 0.562. The van der Waals surface area contributed by atoms with Gasteiger partial charge in [-0.25, -0.2) is 0 Å². The summed E-state index contributed by atoms with van der Waals surface area (Å²) in [5.41, 5.74) is -0.130. The van der Waals surface area contributed by atoms with E-state index in [0.29, 0.717) is 10.8 Å². The highest BCUT2D eigenvalue weighted by molar-refractivity contribution is 9.10. The smallest absolute Gasteiger partial charge is 0.258 e. The minimum atomic E-state index is -0.276. The second-order valence-corrected chi connectivity index (χ2v) is 8.36. The van der Waals surface area contributed by atoms with Crippen LogP contribution in [0.3, 0.4) is 0 Å². The lowest BCUT2D eigenvalue weighted by Gasteiger charge is -2.33. The van der Waals surface area contributed by atoms with Crippen LogP contribution in [0.25, 0.3) is 0 Å². The Kier molecular flexibility index (Phi) is 6.11. The largest absolute Gasteiger partial charge is 0.482 e. The quantitative estimate of drug-likeness (QED) is 0.800. The number of benzene rings is 1. The monoisotopic (exact) mass is 375 g/mol. The van der Waals surface area contributed by atoms with Crippen molar-refractivity contribution in [1.29, 1.82) is 0 Å². The van der Waals surface area contributed by atoms with Crippen LogP contribution in [0.2, 0.25) is 5.02 Å². The molecule has 1 rings (SSSR count). The van der Waals surface area contributed by atoms with Crippen molar-refractivity contribution in [2.24, 2.45) is 5.41 Å². The van der Waals surface area contributed by atoms with Crippen LogP contribution < -0.4 is 10.1 Å². The molecule has 3 nitrogen and oxygen atoms in total. The van der Waals surface area contributed by atoms with Crippen molar-refractivity contribution in [2.75, 3.05) is 6.61 Å². The zero-order valence-corrected chi connectivity index (χ0v) is 15.6. The van der Waals surface area contributed by atoms with Gasteiger partial charge in [0, 0.05) is 10.0 Å². The van der Waals surface area contributed by atoms with Gasteiger partial charge < -0.3 is 10.1 Å². The van der Waals surface area contributed by atoms with Crippen LogP contribution in [0.15, 0.2) is 22.7 Å². The Bertz CT molecular complexity index is 509. The highest BCUT2D eigenvalue weighted by Crippen LogP contribution is 2.28. The lowest BCUT2D eigenvalue weighted by Crippen LogP contribution is -2.47. The zero-order chi connectivity index (χ0) is 16.3. The van der Waals surface area contributed by atoms with Gasteiger partial charge in [0.1, 0.15) is 5.75 Å². The molecule has 0 radical (unpaired) electrons. The van der Waals surface area contributed by atoms with Gasteiger partial charge >= 0.3 is 0 Å². The fourth-order valence-corrected chi connectivity index (χ4v) is 3.25. The van der Waals surface area contributed by atoms with Crippen molar-refractivity contribution in [2.45, 2.75) is 46.6 Å². The summed E-state index contributed by atoms with van der Waals surface area (Å²) in [6.45, 7) is 10.4. The van der Waals surface area contributed by atoms with E-state index in [2.05, 4.69) is 42.0 Å². The second-order valence-electron chi connectivity index (χ2n) is 7.03. The van der Waals surface area contributed by atoms with Gasteiger partial charge in [-0.15, -0.1) is 0 Å². The van der Waals surface area contributed by atoms with Gasteiger partial charge in [0.2, 0.25) is 0 Å². The first-order valence-electron chi connectivity index (χ1n) is 6.87. The van der Waals surface area contributed by atoms with Crippen LogP contribution in [-0.2, 0) is 4.79 Å². The molecule has 1 amide bonds. The number of carbonyl (C=O) groups excluding carboxylic acids is 1. The Hall–Kier alpha value is -0.740. The Balaban J connectivity index is 2.54. The number of hydrogen-bond donors (Lipinski definition) is 1. The molecule has 1 N–H and O–H groups in total. The third kappa shape index (κ3) is 7.18. The Morgan fingerprint density at radius 3 is 2.43 bits per heavy atom. The summed E-state index contributed by atoms with van der Waals surface area (Å²) in [7, 11) is 0. The summed E-state index contributed by atoms with van der Waals surface area (Å²) in [5, 5.41) is 3.48. The number of carbonyl (C=O) groups is 1. The van der Waals surface area contributed by atoms with Gasteiger partial charge in [-0.2, -0.15) is 0 Å². The van der Waals surface area contributed by atoms with E-state index >= 15 is 0 Å². The topological polar surface area (TPSA) is 38.3 Å². The van der Waals surface area contributed by atoms with Gasteiger partial charge in [0.25, 0.3) is 5.91 Å². The molecule has 1 aromatic carbocycles. The number of nitrogens with one attached hydrogen (secondary N) is 1. The van der Waals surface area contributed by atoms with E-state index in [-0.39, 0.29) is 23.5 Å². The molecule has 0 atom stereocenters. The minimum Gasteiger partial charge on any atom is -0.482 e. The van der Waals surface area contributed by atoms with E-state index in [0.717, 1.165) is 10.9 Å². The molecule has 0 bridgehead atoms. The van der Waals surface area contributed by atoms with Crippen molar-refractivity contribution in [3.63, 3.8) is 0 Å². The van der Waals surface area contributed by atoms with Gasteiger partial charge in [0.05, 0.1) is 5.02 Å². The van der Waals surface area contributed by atoms with E-state index in [4.69, 9.17) is 16.3 Å². The normalized spacial score (nSPS) is 12.1. The van der Waals surface area contributed by atoms with E-state index in [1.54, 1.807) is 12.1 Å². The first-order chi connectivity index (χ1) is 9.48. The van der Waals surface area contributed by atoms with Crippen LogP contribution in [0, 0.1) is 5.41 Å². The molecule has 0 spiro atoms. The summed E-state index contributed by atoms with van der Waals surface area (Å²) in [4.78, 5) is 12.0. The first kappa shape index (κ1) is 18.3. The van der Waals surface area contributed by atoms with Crippen molar-refractivity contribution in [3.8, 4) is 5.75 Å². The third-order valence-electron chi connectivity index (χ3n) is 2.70. The molecule has 0 saturated carbocycles. The molecule has 0 aromatic heterocycles. The minimum absolute atomic E-state index is 0.0467. The Morgan fingerprint density at radius 1 is 1.29 bits per heavy atom. The van der Waals surface area contributed by atoms with Crippen molar-refractivity contribution in [1.82, 2.24) is 5.32 Å². The maximum Gasteiger partial charge on any atom is 0.258 e. The molecule has 0 aliphatic carbocycles. The highest BCUT2D eigenvalue weighted by atomic mass is 79.9. The molecular weight excluding hydrogens is 354 g/mol. The summed E-state index contributed by atoms with van der Waals surface area (Å²) < 4.78 is 6.34. The number of halogens is 2. The molecule has 118 valence electrons. The molecule has 0 heterocycles. The Morgan fingerprint density at radius 2 is 1.90 bits per heavy atom. The lowest BCUT2D eigenvalue weighted by molar-refractivity contribution is -0.125. The first-order valence-corrected chi connectivity index (χ1v) is 8.04. The molecular formula is C16H23BrClNO2. The molecule has 0 saturated heterocycles. The maximum atomic E-state index is 12.0. The van der Waals surface area contributed by atoms with Crippen LogP contribution in [0.1, 0.15) is 41.0 Å². The van der Waals surface area contributed by atoms with Crippen molar-refractivity contribution in [3.05, 3.63) is 27.7 Å². The van der Waals surface area contributed by atoms with Crippen LogP contribution in [0.5, 0.6) is 5.75 Å². The van der Waals surface area contributed by atoms with Gasteiger partial charge in [-0.3, -0.25) is 4.79 Å².